The second kappa shape index (κ2) is 4.29. The summed E-state index contributed by atoms with van der Waals surface area (Å²) >= 11 is 0. The Hall–Kier alpha value is -1.11. The standard InChI is InChI=1S/C16H22O/c1-11(2)15(17)13-9-10-16(3,4)14-8-6-5-7-12(13)14/h5-8,11,13H,9-10H2,1-4H3. The number of rotatable bonds is 2. The van der Waals surface area contributed by atoms with E-state index in [0.717, 1.165) is 12.8 Å². The molecule has 0 spiro atoms. The van der Waals surface area contributed by atoms with E-state index in [1.54, 1.807) is 0 Å². The van der Waals surface area contributed by atoms with Crippen molar-refractivity contribution in [2.24, 2.45) is 5.92 Å². The maximum Gasteiger partial charge on any atom is 0.142 e. The van der Waals surface area contributed by atoms with Crippen molar-refractivity contribution in [3.05, 3.63) is 35.4 Å². The summed E-state index contributed by atoms with van der Waals surface area (Å²) in [6.45, 7) is 8.57. The highest BCUT2D eigenvalue weighted by atomic mass is 16.1. The monoisotopic (exact) mass is 230 g/mol. The first kappa shape index (κ1) is 12.3. The van der Waals surface area contributed by atoms with Gasteiger partial charge in [-0.25, -0.2) is 0 Å². The topological polar surface area (TPSA) is 17.1 Å². The average molecular weight is 230 g/mol. The van der Waals surface area contributed by atoms with E-state index < -0.39 is 0 Å². The van der Waals surface area contributed by atoms with E-state index in [0.29, 0.717) is 5.78 Å². The number of hydrogen-bond acceptors (Lipinski definition) is 1. The fourth-order valence-electron chi connectivity index (χ4n) is 2.91. The van der Waals surface area contributed by atoms with Crippen molar-refractivity contribution in [2.75, 3.05) is 0 Å². The Labute approximate surface area is 104 Å². The molecule has 0 saturated heterocycles. The summed E-state index contributed by atoms with van der Waals surface area (Å²) in [5.41, 5.74) is 2.84. The van der Waals surface area contributed by atoms with Gasteiger partial charge in [-0.2, -0.15) is 0 Å². The van der Waals surface area contributed by atoms with Gasteiger partial charge in [-0.1, -0.05) is 52.0 Å². The predicted molar refractivity (Wildman–Crippen MR) is 71.3 cm³/mol. The van der Waals surface area contributed by atoms with Crippen LogP contribution in [0.1, 0.15) is 57.6 Å². The Bertz CT molecular complexity index is 429. The SMILES string of the molecule is CC(C)C(=O)C1CCC(C)(C)c2ccccc21. The third-order valence-corrected chi connectivity index (χ3v) is 4.04. The smallest absolute Gasteiger partial charge is 0.142 e. The molecule has 0 bridgehead atoms. The number of fused-ring (bicyclic) bond motifs is 1. The van der Waals surface area contributed by atoms with Crippen molar-refractivity contribution in [3.8, 4) is 0 Å². The third-order valence-electron chi connectivity index (χ3n) is 4.04. The van der Waals surface area contributed by atoms with E-state index in [1.165, 1.54) is 11.1 Å². The van der Waals surface area contributed by atoms with E-state index in [9.17, 15) is 4.79 Å². The lowest BCUT2D eigenvalue weighted by Crippen LogP contribution is -2.30. The number of carbonyl (C=O) groups is 1. The van der Waals surface area contributed by atoms with Crippen LogP contribution in [0, 0.1) is 5.92 Å². The minimum atomic E-state index is 0.124. The third kappa shape index (κ3) is 2.15. The molecule has 0 radical (unpaired) electrons. The minimum absolute atomic E-state index is 0.124. The fourth-order valence-corrected chi connectivity index (χ4v) is 2.91. The first-order valence-corrected chi connectivity index (χ1v) is 6.56. The van der Waals surface area contributed by atoms with E-state index in [-0.39, 0.29) is 17.3 Å². The van der Waals surface area contributed by atoms with Gasteiger partial charge >= 0.3 is 0 Å². The molecule has 0 aromatic heterocycles. The number of Topliss-reactive ketones (excluding diaryl/α,β-unsaturated/α-hetero) is 1. The fraction of sp³-hybridized carbons (Fsp3) is 0.562. The Balaban J connectivity index is 2.45. The number of carbonyl (C=O) groups excluding carboxylic acids is 1. The lowest BCUT2D eigenvalue weighted by Gasteiger charge is -2.37. The van der Waals surface area contributed by atoms with Crippen molar-refractivity contribution in [1.82, 2.24) is 0 Å². The second-order valence-electron chi connectivity index (χ2n) is 6.12. The minimum Gasteiger partial charge on any atom is -0.299 e. The van der Waals surface area contributed by atoms with Crippen molar-refractivity contribution < 1.29 is 4.79 Å². The molecule has 1 atom stereocenters. The molecule has 0 N–H and O–H groups in total. The molecule has 0 heterocycles. The van der Waals surface area contributed by atoms with Crippen LogP contribution in [0.4, 0.5) is 0 Å². The van der Waals surface area contributed by atoms with Gasteiger partial charge in [0.1, 0.15) is 5.78 Å². The summed E-state index contributed by atoms with van der Waals surface area (Å²) < 4.78 is 0. The molecule has 1 unspecified atom stereocenters. The van der Waals surface area contributed by atoms with E-state index in [1.807, 2.05) is 13.8 Å². The number of ketones is 1. The largest absolute Gasteiger partial charge is 0.299 e. The zero-order valence-corrected chi connectivity index (χ0v) is 11.3. The molecule has 0 saturated carbocycles. The zero-order chi connectivity index (χ0) is 12.6. The molecule has 0 aliphatic heterocycles. The van der Waals surface area contributed by atoms with Gasteiger partial charge in [0, 0.05) is 11.8 Å². The first-order chi connectivity index (χ1) is 7.93. The van der Waals surface area contributed by atoms with Crippen molar-refractivity contribution >= 4 is 5.78 Å². The molecular formula is C16H22O. The van der Waals surface area contributed by atoms with Gasteiger partial charge in [-0.05, 0) is 29.4 Å². The molecule has 1 aliphatic rings. The van der Waals surface area contributed by atoms with Crippen LogP contribution in [0.25, 0.3) is 0 Å². The molecule has 92 valence electrons. The van der Waals surface area contributed by atoms with E-state index in [4.69, 9.17) is 0 Å². The molecule has 0 amide bonds. The number of hydrogen-bond donors (Lipinski definition) is 0. The molecule has 1 nitrogen and oxygen atoms in total. The highest BCUT2D eigenvalue weighted by Gasteiger charge is 2.35. The lowest BCUT2D eigenvalue weighted by atomic mass is 9.67. The summed E-state index contributed by atoms with van der Waals surface area (Å²) in [6, 6.07) is 8.47. The predicted octanol–water partition coefficient (Wildman–Crippen LogP) is 4.07. The van der Waals surface area contributed by atoms with E-state index >= 15 is 0 Å². The van der Waals surface area contributed by atoms with Crippen LogP contribution in [0.3, 0.4) is 0 Å². The molecular weight excluding hydrogens is 208 g/mol. The summed E-state index contributed by atoms with van der Waals surface area (Å²) in [6.07, 6.45) is 2.11. The van der Waals surface area contributed by atoms with Crippen LogP contribution in [-0.4, -0.2) is 5.78 Å². The van der Waals surface area contributed by atoms with Gasteiger partial charge in [0.15, 0.2) is 0 Å². The van der Waals surface area contributed by atoms with Crippen molar-refractivity contribution in [1.29, 1.82) is 0 Å². The zero-order valence-electron chi connectivity index (χ0n) is 11.3. The first-order valence-electron chi connectivity index (χ1n) is 6.56. The van der Waals surface area contributed by atoms with Gasteiger partial charge in [0.05, 0.1) is 0 Å². The number of benzene rings is 1. The van der Waals surface area contributed by atoms with Crippen LogP contribution in [-0.2, 0) is 10.2 Å². The average Bonchev–Trinajstić information content (AvgIpc) is 2.28. The molecule has 1 aliphatic carbocycles. The van der Waals surface area contributed by atoms with Crippen LogP contribution < -0.4 is 0 Å². The highest BCUT2D eigenvalue weighted by molar-refractivity contribution is 5.88. The van der Waals surface area contributed by atoms with Crippen LogP contribution in [0.5, 0.6) is 0 Å². The maximum atomic E-state index is 12.3. The van der Waals surface area contributed by atoms with Gasteiger partial charge in [-0.3, -0.25) is 4.79 Å². The van der Waals surface area contributed by atoms with Crippen LogP contribution >= 0.6 is 0 Å². The van der Waals surface area contributed by atoms with Crippen molar-refractivity contribution in [2.45, 2.75) is 51.9 Å². The normalized spacial score (nSPS) is 22.3. The Morgan fingerprint density at radius 2 is 1.94 bits per heavy atom. The van der Waals surface area contributed by atoms with Gasteiger partial charge in [-0.15, -0.1) is 0 Å². The van der Waals surface area contributed by atoms with Crippen molar-refractivity contribution in [3.63, 3.8) is 0 Å². The highest BCUT2D eigenvalue weighted by Crippen LogP contribution is 2.43. The Morgan fingerprint density at radius 1 is 1.29 bits per heavy atom. The molecule has 17 heavy (non-hydrogen) atoms. The summed E-state index contributed by atoms with van der Waals surface area (Å²) in [7, 11) is 0. The van der Waals surface area contributed by atoms with Gasteiger partial charge in [0.25, 0.3) is 0 Å². The van der Waals surface area contributed by atoms with Crippen LogP contribution in [0.2, 0.25) is 0 Å². The molecule has 0 fully saturated rings. The second-order valence-corrected chi connectivity index (χ2v) is 6.12. The maximum absolute atomic E-state index is 12.3. The van der Waals surface area contributed by atoms with Crippen LogP contribution in [0.15, 0.2) is 24.3 Å². The summed E-state index contributed by atoms with van der Waals surface area (Å²) in [5, 5.41) is 0. The summed E-state index contributed by atoms with van der Waals surface area (Å²) in [5.74, 6) is 0.654. The summed E-state index contributed by atoms with van der Waals surface area (Å²) in [4.78, 5) is 12.3. The molecule has 1 aromatic rings. The molecule has 2 rings (SSSR count). The molecule has 1 aromatic carbocycles. The lowest BCUT2D eigenvalue weighted by molar-refractivity contribution is -0.123. The Morgan fingerprint density at radius 3 is 2.59 bits per heavy atom. The van der Waals surface area contributed by atoms with Gasteiger partial charge in [0.2, 0.25) is 0 Å². The Kier molecular flexibility index (Phi) is 3.11. The molecule has 1 heteroatoms. The van der Waals surface area contributed by atoms with E-state index in [2.05, 4.69) is 38.1 Å². The quantitative estimate of drug-likeness (QED) is 0.748. The van der Waals surface area contributed by atoms with Gasteiger partial charge < -0.3 is 0 Å².